The van der Waals surface area contributed by atoms with Gasteiger partial charge >= 0.3 is 0 Å². The fraction of sp³-hybridized carbons (Fsp3) is 0.250. The normalized spacial score (nSPS) is 16.8. The van der Waals surface area contributed by atoms with Gasteiger partial charge in [-0.15, -0.1) is 0 Å². The minimum Gasteiger partial charge on any atom is -0.497 e. The van der Waals surface area contributed by atoms with E-state index in [1.807, 2.05) is 24.3 Å². The van der Waals surface area contributed by atoms with Crippen molar-refractivity contribution < 1.29 is 18.4 Å². The molecular weight excluding hydrogens is 349 g/mol. The maximum absolute atomic E-state index is 13.8. The highest BCUT2D eigenvalue weighted by atomic mass is 19.1. The lowest BCUT2D eigenvalue weighted by atomic mass is 10.1. The summed E-state index contributed by atoms with van der Waals surface area (Å²) in [6.07, 6.45) is 0.246. The van der Waals surface area contributed by atoms with Crippen molar-refractivity contribution in [3.05, 3.63) is 59.7 Å². The number of nitrogens with zero attached hydrogens (tertiary/aromatic N) is 3. The van der Waals surface area contributed by atoms with Crippen LogP contribution in [-0.4, -0.2) is 29.7 Å². The summed E-state index contributed by atoms with van der Waals surface area (Å²) in [5, 5.41) is 4.03. The largest absolute Gasteiger partial charge is 0.497 e. The van der Waals surface area contributed by atoms with Crippen molar-refractivity contribution in [1.29, 1.82) is 0 Å². The summed E-state index contributed by atoms with van der Waals surface area (Å²) in [4.78, 5) is 18.5. The number of ether oxygens (including phenoxy) is 1. The number of hydrogen-bond acceptors (Lipinski definition) is 5. The first-order chi connectivity index (χ1) is 13.1. The van der Waals surface area contributed by atoms with Crippen molar-refractivity contribution in [3.63, 3.8) is 0 Å². The van der Waals surface area contributed by atoms with E-state index >= 15 is 0 Å². The second-order valence-electron chi connectivity index (χ2n) is 6.48. The van der Waals surface area contributed by atoms with Gasteiger partial charge in [0.15, 0.2) is 0 Å². The van der Waals surface area contributed by atoms with Gasteiger partial charge < -0.3 is 14.2 Å². The summed E-state index contributed by atoms with van der Waals surface area (Å²) in [6, 6.07) is 12.1. The van der Waals surface area contributed by atoms with Crippen molar-refractivity contribution >= 4 is 11.6 Å². The predicted molar refractivity (Wildman–Crippen MR) is 97.1 cm³/mol. The molecule has 0 N–H and O–H groups in total. The molecule has 3 aromatic rings. The second-order valence-corrected chi connectivity index (χ2v) is 6.48. The van der Waals surface area contributed by atoms with Crippen LogP contribution in [0.15, 0.2) is 47.0 Å². The zero-order valence-corrected chi connectivity index (χ0v) is 15.0. The quantitative estimate of drug-likeness (QED) is 0.703. The molecule has 0 radical (unpaired) electrons. The number of amides is 1. The van der Waals surface area contributed by atoms with E-state index in [4.69, 9.17) is 9.26 Å². The van der Waals surface area contributed by atoms with Gasteiger partial charge in [0.2, 0.25) is 17.6 Å². The Balaban J connectivity index is 1.58. The van der Waals surface area contributed by atoms with Gasteiger partial charge in [-0.25, -0.2) is 4.39 Å². The van der Waals surface area contributed by atoms with Gasteiger partial charge in [-0.1, -0.05) is 23.4 Å². The lowest BCUT2D eigenvalue weighted by Gasteiger charge is -2.18. The van der Waals surface area contributed by atoms with Gasteiger partial charge in [0.05, 0.1) is 13.0 Å². The SMILES string of the molecule is COc1cccc(-c2noc(C3CC(=O)N(c4cccc(F)c4C)C3)n2)c1. The monoisotopic (exact) mass is 367 g/mol. The molecule has 2 aromatic carbocycles. The third kappa shape index (κ3) is 3.16. The molecule has 1 aromatic heterocycles. The van der Waals surface area contributed by atoms with E-state index in [-0.39, 0.29) is 24.1 Å². The van der Waals surface area contributed by atoms with Crippen molar-refractivity contribution in [1.82, 2.24) is 10.1 Å². The topological polar surface area (TPSA) is 68.5 Å². The second kappa shape index (κ2) is 6.83. The maximum atomic E-state index is 13.8. The van der Waals surface area contributed by atoms with Crippen LogP contribution in [-0.2, 0) is 4.79 Å². The van der Waals surface area contributed by atoms with Gasteiger partial charge in [-0.3, -0.25) is 4.79 Å². The van der Waals surface area contributed by atoms with Gasteiger partial charge in [0, 0.05) is 29.8 Å². The molecule has 1 atom stereocenters. The molecule has 2 heterocycles. The number of hydrogen-bond donors (Lipinski definition) is 0. The number of carbonyl (C=O) groups is 1. The number of halogens is 1. The first kappa shape index (κ1) is 17.2. The fourth-order valence-corrected chi connectivity index (χ4v) is 3.27. The van der Waals surface area contributed by atoms with Crippen molar-refractivity contribution in [2.75, 3.05) is 18.6 Å². The van der Waals surface area contributed by atoms with Gasteiger partial charge in [-0.2, -0.15) is 4.98 Å². The van der Waals surface area contributed by atoms with Crippen LogP contribution in [0.4, 0.5) is 10.1 Å². The number of aromatic nitrogens is 2. The van der Waals surface area contributed by atoms with E-state index in [0.29, 0.717) is 35.3 Å². The molecule has 138 valence electrons. The average Bonchev–Trinajstić information content (AvgIpc) is 3.31. The Morgan fingerprint density at radius 1 is 1.26 bits per heavy atom. The zero-order chi connectivity index (χ0) is 19.0. The minimum atomic E-state index is -0.332. The third-order valence-electron chi connectivity index (χ3n) is 4.77. The molecule has 1 amide bonds. The van der Waals surface area contributed by atoms with Crippen LogP contribution in [0.25, 0.3) is 11.4 Å². The standard InChI is InChI=1S/C20H18FN3O3/c1-12-16(21)7-4-8-17(12)24-11-14(10-18(24)25)20-22-19(23-27-20)13-5-3-6-15(9-13)26-2/h3-9,14H,10-11H2,1-2H3. The van der Waals surface area contributed by atoms with Crippen LogP contribution in [0.1, 0.15) is 23.8 Å². The Morgan fingerprint density at radius 3 is 2.89 bits per heavy atom. The molecule has 4 rings (SSSR count). The van der Waals surface area contributed by atoms with Crippen LogP contribution in [0.5, 0.6) is 5.75 Å². The molecule has 0 aliphatic carbocycles. The third-order valence-corrected chi connectivity index (χ3v) is 4.77. The van der Waals surface area contributed by atoms with Gasteiger partial charge in [0.25, 0.3) is 0 Å². The zero-order valence-electron chi connectivity index (χ0n) is 15.0. The predicted octanol–water partition coefficient (Wildman–Crippen LogP) is 3.71. The molecule has 27 heavy (non-hydrogen) atoms. The Kier molecular flexibility index (Phi) is 4.35. The summed E-state index contributed by atoms with van der Waals surface area (Å²) in [5.74, 6) is 0.890. The highest BCUT2D eigenvalue weighted by Crippen LogP contribution is 2.34. The molecule has 6 nitrogen and oxygen atoms in total. The van der Waals surface area contributed by atoms with E-state index in [0.717, 1.165) is 5.56 Å². The van der Waals surface area contributed by atoms with E-state index in [1.54, 1.807) is 31.1 Å². The number of benzene rings is 2. The minimum absolute atomic E-state index is 0.0881. The molecule has 0 saturated carbocycles. The molecule has 0 bridgehead atoms. The smallest absolute Gasteiger partial charge is 0.232 e. The molecule has 1 aliphatic rings. The lowest BCUT2D eigenvalue weighted by Crippen LogP contribution is -2.25. The van der Waals surface area contributed by atoms with Crippen molar-refractivity contribution in [2.45, 2.75) is 19.3 Å². The Labute approximate surface area is 155 Å². The van der Waals surface area contributed by atoms with Gasteiger partial charge in [0.1, 0.15) is 11.6 Å². The first-order valence-electron chi connectivity index (χ1n) is 8.60. The van der Waals surface area contributed by atoms with Crippen LogP contribution in [0.2, 0.25) is 0 Å². The molecule has 1 aliphatic heterocycles. The van der Waals surface area contributed by atoms with Gasteiger partial charge in [-0.05, 0) is 31.2 Å². The lowest BCUT2D eigenvalue weighted by molar-refractivity contribution is -0.117. The van der Waals surface area contributed by atoms with E-state index in [1.165, 1.54) is 6.07 Å². The molecular formula is C20H18FN3O3. The summed E-state index contributed by atoms with van der Waals surface area (Å²) in [6.45, 7) is 2.04. The highest BCUT2D eigenvalue weighted by Gasteiger charge is 2.36. The molecule has 7 heteroatoms. The van der Waals surface area contributed by atoms with E-state index in [9.17, 15) is 9.18 Å². The molecule has 1 fully saturated rings. The van der Waals surface area contributed by atoms with E-state index < -0.39 is 0 Å². The number of carbonyl (C=O) groups excluding carboxylic acids is 1. The number of anilines is 1. The number of methoxy groups -OCH3 is 1. The highest BCUT2D eigenvalue weighted by molar-refractivity contribution is 5.97. The van der Waals surface area contributed by atoms with E-state index in [2.05, 4.69) is 10.1 Å². The summed E-state index contributed by atoms with van der Waals surface area (Å²) >= 11 is 0. The fourth-order valence-electron chi connectivity index (χ4n) is 3.27. The van der Waals surface area contributed by atoms with Crippen LogP contribution in [0, 0.1) is 12.7 Å². The van der Waals surface area contributed by atoms with Crippen molar-refractivity contribution in [3.8, 4) is 17.1 Å². The Morgan fingerprint density at radius 2 is 2.07 bits per heavy atom. The molecule has 1 saturated heterocycles. The van der Waals surface area contributed by atoms with Crippen molar-refractivity contribution in [2.24, 2.45) is 0 Å². The summed E-state index contributed by atoms with van der Waals surface area (Å²) in [7, 11) is 1.59. The van der Waals surface area contributed by atoms with Crippen LogP contribution >= 0.6 is 0 Å². The molecule has 1 unspecified atom stereocenters. The number of rotatable bonds is 4. The first-order valence-corrected chi connectivity index (χ1v) is 8.60. The Bertz CT molecular complexity index is 1000. The molecule has 0 spiro atoms. The average molecular weight is 367 g/mol. The Hall–Kier alpha value is -3.22. The van der Waals surface area contributed by atoms with Crippen LogP contribution < -0.4 is 9.64 Å². The maximum Gasteiger partial charge on any atom is 0.232 e. The van der Waals surface area contributed by atoms with Crippen LogP contribution in [0.3, 0.4) is 0 Å². The summed E-state index contributed by atoms with van der Waals surface area (Å²) < 4.78 is 24.5. The summed E-state index contributed by atoms with van der Waals surface area (Å²) in [5.41, 5.74) is 1.80.